The van der Waals surface area contributed by atoms with Gasteiger partial charge < -0.3 is 24.7 Å². The fourth-order valence-electron chi connectivity index (χ4n) is 2.39. The molecule has 0 aliphatic carbocycles. The average Bonchev–Trinajstić information content (AvgIpc) is 3.03. The number of nitrogens with zero attached hydrogens (tertiary/aromatic N) is 2. The van der Waals surface area contributed by atoms with Gasteiger partial charge in [0.05, 0.1) is 12.6 Å². The number of nitrogens with one attached hydrogen (secondary N) is 2. The molecule has 3 atom stereocenters. The second-order valence-corrected chi connectivity index (χ2v) is 6.35. The predicted octanol–water partition coefficient (Wildman–Crippen LogP) is -1.26. The summed E-state index contributed by atoms with van der Waals surface area (Å²) in [6.07, 6.45) is 0.950. The van der Waals surface area contributed by atoms with Crippen molar-refractivity contribution in [1.82, 2.24) is 10.6 Å². The lowest BCUT2D eigenvalue weighted by Gasteiger charge is -2.44. The minimum Gasteiger partial charge on any atom is -0.448 e. The molecule has 3 heterocycles. The van der Waals surface area contributed by atoms with Crippen molar-refractivity contribution in [2.45, 2.75) is 18.1 Å². The maximum absolute atomic E-state index is 11.1. The molecule has 0 amide bonds. The number of rotatable bonds is 4. The quantitative estimate of drug-likeness (QED) is 0.429. The molecule has 2 unspecified atom stereocenters. The third-order valence-corrected chi connectivity index (χ3v) is 3.81. The number of furan rings is 1. The molecule has 2 aliphatic rings. The van der Waals surface area contributed by atoms with Gasteiger partial charge in [0, 0.05) is 12.7 Å². The van der Waals surface area contributed by atoms with Crippen molar-refractivity contribution < 1.29 is 23.5 Å². The van der Waals surface area contributed by atoms with E-state index in [0.29, 0.717) is 12.6 Å². The van der Waals surface area contributed by atoms with Crippen LogP contribution in [0.25, 0.3) is 0 Å². The van der Waals surface area contributed by atoms with Crippen molar-refractivity contribution in [2.24, 2.45) is 10.7 Å². The van der Waals surface area contributed by atoms with E-state index < -0.39 is 32.0 Å². The Hall–Kier alpha value is -1.26. The summed E-state index contributed by atoms with van der Waals surface area (Å²) in [6.45, 7) is 0.396. The molecule has 6 N–H and O–H groups in total. The molecule has 116 valence electrons. The number of hydrogen-bond donors (Lipinski definition) is 5. The molecule has 1 aromatic rings. The van der Waals surface area contributed by atoms with Gasteiger partial charge in [0.1, 0.15) is 12.3 Å². The van der Waals surface area contributed by atoms with Crippen LogP contribution in [0.5, 0.6) is 0 Å². The lowest BCUT2D eigenvalue weighted by atomic mass is 10.1. The molecular formula is C10H16N5O5P. The van der Waals surface area contributed by atoms with Crippen LogP contribution in [0.1, 0.15) is 0 Å². The zero-order valence-electron chi connectivity index (χ0n) is 10.9. The highest BCUT2D eigenvalue weighted by Gasteiger charge is 2.55. The van der Waals surface area contributed by atoms with E-state index in [9.17, 15) is 4.57 Å². The van der Waals surface area contributed by atoms with E-state index in [0.717, 1.165) is 0 Å². The van der Waals surface area contributed by atoms with Gasteiger partial charge in [-0.05, 0) is 6.07 Å². The van der Waals surface area contributed by atoms with Crippen molar-refractivity contribution >= 4 is 19.8 Å². The van der Waals surface area contributed by atoms with Gasteiger partial charge in [-0.25, -0.2) is 4.99 Å². The number of aliphatic imine (C=N–C) groups is 1. The van der Waals surface area contributed by atoms with Crippen LogP contribution in [0, 0.1) is 0 Å². The maximum atomic E-state index is 11.1. The number of nitrogens with two attached hydrogens (primary N) is 1. The molecule has 1 aromatic heterocycles. The maximum Gasteiger partial charge on any atom is 0.351 e. The van der Waals surface area contributed by atoms with Crippen molar-refractivity contribution in [3.8, 4) is 0 Å². The van der Waals surface area contributed by atoms with Crippen molar-refractivity contribution in [3.63, 3.8) is 0 Å². The first-order chi connectivity index (χ1) is 9.92. The molecule has 1 saturated heterocycles. The molecule has 1 fully saturated rings. The van der Waals surface area contributed by atoms with Crippen LogP contribution in [0.15, 0.2) is 27.8 Å². The Labute approximate surface area is 120 Å². The van der Waals surface area contributed by atoms with Gasteiger partial charge in [0.25, 0.3) is 0 Å². The summed E-state index contributed by atoms with van der Waals surface area (Å²) in [7, 11) is -4.34. The zero-order valence-corrected chi connectivity index (χ0v) is 11.8. The molecule has 0 radical (unpaired) electrons. The smallest absolute Gasteiger partial charge is 0.351 e. The Morgan fingerprint density at radius 3 is 3.10 bits per heavy atom. The highest BCUT2D eigenvalue weighted by molar-refractivity contribution is 7.51. The third-order valence-electron chi connectivity index (χ3n) is 3.34. The minimum absolute atomic E-state index is 0.396. The molecule has 2 aliphatic heterocycles. The second-order valence-electron chi connectivity index (χ2n) is 4.76. The van der Waals surface area contributed by atoms with Crippen molar-refractivity contribution in [2.75, 3.05) is 17.9 Å². The topological polar surface area (TPSA) is 146 Å². The van der Waals surface area contributed by atoms with Gasteiger partial charge in [-0.15, -0.1) is 0 Å². The monoisotopic (exact) mass is 317 g/mol. The highest BCUT2D eigenvalue weighted by atomic mass is 31.2. The molecule has 0 bridgehead atoms. The van der Waals surface area contributed by atoms with Crippen LogP contribution in [0.4, 0.5) is 5.88 Å². The largest absolute Gasteiger partial charge is 0.448 e. The standard InChI is InChI=1S/C10H16N5O5P/c11-8-10(20-6-21(16,17)18)9(13-4-12-8)15(5-14-10)7-2-1-3-19-7/h1-3,5,8-9,12-13H,4,6,11H2,(H2,16,17,18)/t8?,9?,10-/m1/s1. The molecule has 0 spiro atoms. The predicted molar refractivity (Wildman–Crippen MR) is 73.3 cm³/mol. The first-order valence-corrected chi connectivity index (χ1v) is 8.00. The van der Waals surface area contributed by atoms with Gasteiger partial charge in [-0.3, -0.25) is 20.1 Å². The summed E-state index contributed by atoms with van der Waals surface area (Å²) in [5.74, 6) is 0.520. The average molecular weight is 317 g/mol. The highest BCUT2D eigenvalue weighted by Crippen LogP contribution is 2.40. The summed E-state index contributed by atoms with van der Waals surface area (Å²) < 4.78 is 21.8. The van der Waals surface area contributed by atoms with Gasteiger partial charge in [-0.2, -0.15) is 0 Å². The van der Waals surface area contributed by atoms with E-state index in [1.807, 2.05) is 0 Å². The number of ether oxygens (including phenoxy) is 1. The van der Waals surface area contributed by atoms with Crippen molar-refractivity contribution in [1.29, 1.82) is 0 Å². The van der Waals surface area contributed by atoms with Gasteiger partial charge in [0.2, 0.25) is 11.6 Å². The molecule has 3 rings (SSSR count). The fraction of sp³-hybridized carbons (Fsp3) is 0.500. The van der Waals surface area contributed by atoms with Crippen LogP contribution < -0.4 is 21.3 Å². The Morgan fingerprint density at radius 2 is 2.43 bits per heavy atom. The van der Waals surface area contributed by atoms with Crippen LogP contribution >= 0.6 is 7.60 Å². The fourth-order valence-corrected chi connectivity index (χ4v) is 2.77. The van der Waals surface area contributed by atoms with Gasteiger partial charge in [-0.1, -0.05) is 0 Å². The first-order valence-electron chi connectivity index (χ1n) is 6.20. The van der Waals surface area contributed by atoms with E-state index >= 15 is 0 Å². The number of fused-ring (bicyclic) bond motifs is 1. The molecule has 11 heteroatoms. The summed E-state index contributed by atoms with van der Waals surface area (Å²) >= 11 is 0. The summed E-state index contributed by atoms with van der Waals surface area (Å²) in [6, 6.07) is 3.46. The van der Waals surface area contributed by atoms with Crippen molar-refractivity contribution in [3.05, 3.63) is 18.4 Å². The number of anilines is 1. The molecular weight excluding hydrogens is 301 g/mol. The van der Waals surface area contributed by atoms with Crippen LogP contribution in [0.3, 0.4) is 0 Å². The molecule has 10 nitrogen and oxygen atoms in total. The summed E-state index contributed by atoms with van der Waals surface area (Å²) in [5, 5.41) is 6.01. The molecule has 0 saturated carbocycles. The minimum atomic E-state index is -4.34. The molecule has 0 aromatic carbocycles. The van der Waals surface area contributed by atoms with E-state index in [1.54, 1.807) is 17.0 Å². The Bertz CT molecular complexity index is 574. The Morgan fingerprint density at radius 1 is 1.62 bits per heavy atom. The molecule has 21 heavy (non-hydrogen) atoms. The summed E-state index contributed by atoms with van der Waals surface area (Å²) in [4.78, 5) is 23.9. The van der Waals surface area contributed by atoms with E-state index in [2.05, 4.69) is 15.6 Å². The summed E-state index contributed by atoms with van der Waals surface area (Å²) in [5.41, 5.74) is 4.64. The normalized spacial score (nSPS) is 32.4. The second kappa shape index (κ2) is 5.18. The third kappa shape index (κ3) is 2.62. The van der Waals surface area contributed by atoms with E-state index in [4.69, 9.17) is 24.7 Å². The zero-order chi connectivity index (χ0) is 15.1. The lowest BCUT2D eigenvalue weighted by molar-refractivity contribution is -0.0812. The van der Waals surface area contributed by atoms with E-state index in [-0.39, 0.29) is 0 Å². The lowest BCUT2D eigenvalue weighted by Crippen LogP contribution is -2.73. The van der Waals surface area contributed by atoms with Crippen LogP contribution in [-0.2, 0) is 9.30 Å². The van der Waals surface area contributed by atoms with Gasteiger partial charge in [0.15, 0.2) is 6.35 Å². The first kappa shape index (κ1) is 14.7. The Balaban J connectivity index is 1.88. The Kier molecular flexibility index (Phi) is 3.62. The van der Waals surface area contributed by atoms with Crippen LogP contribution in [-0.4, -0.2) is 47.2 Å². The SMILES string of the molecule is NC1NCNC2N(c3ccco3)C=N[C@@]12OCP(=O)(O)O. The van der Waals surface area contributed by atoms with Gasteiger partial charge >= 0.3 is 7.60 Å². The number of hydrogen-bond acceptors (Lipinski definition) is 8. The van der Waals surface area contributed by atoms with Crippen LogP contribution in [0.2, 0.25) is 0 Å². The van der Waals surface area contributed by atoms with E-state index in [1.165, 1.54) is 12.6 Å².